The molecule has 1 atom stereocenters. The topological polar surface area (TPSA) is 58.6 Å². The van der Waals surface area contributed by atoms with Crippen LogP contribution in [0, 0.1) is 0 Å². The van der Waals surface area contributed by atoms with Crippen LogP contribution in [-0.2, 0) is 0 Å². The Kier molecular flexibility index (Phi) is 6.21. The van der Waals surface area contributed by atoms with Gasteiger partial charge in [-0.2, -0.15) is 8.78 Å². The van der Waals surface area contributed by atoms with Crippen LogP contribution in [0.3, 0.4) is 0 Å². The first-order chi connectivity index (χ1) is 9.00. The highest BCUT2D eigenvalue weighted by molar-refractivity contribution is 5.96. The molecule has 0 saturated carbocycles. The van der Waals surface area contributed by atoms with E-state index in [-0.39, 0.29) is 11.3 Å². The Bertz CT molecular complexity index is 411. The number of carbonyl (C=O) groups excluding carboxylic acids is 1. The molecule has 0 heterocycles. The maximum atomic E-state index is 12.2. The standard InChI is InChI=1S/C13H17F2NO3/c1-9(17)5-4-8-16-12(18)10-6-2-3-7-11(10)19-13(14)15/h2-3,6-7,9,13,17H,4-5,8H2,1H3,(H,16,18). The molecule has 6 heteroatoms. The van der Waals surface area contributed by atoms with Gasteiger partial charge in [0.1, 0.15) is 5.75 Å². The van der Waals surface area contributed by atoms with E-state index in [1.807, 2.05) is 0 Å². The Morgan fingerprint density at radius 2 is 2.11 bits per heavy atom. The van der Waals surface area contributed by atoms with E-state index in [9.17, 15) is 13.6 Å². The largest absolute Gasteiger partial charge is 0.434 e. The first-order valence-electron chi connectivity index (χ1n) is 6.01. The molecule has 0 aromatic heterocycles. The number of aliphatic hydroxyl groups is 1. The number of amides is 1. The third-order valence-electron chi connectivity index (χ3n) is 2.43. The average Bonchev–Trinajstić information content (AvgIpc) is 2.34. The van der Waals surface area contributed by atoms with Gasteiger partial charge in [-0.15, -0.1) is 0 Å². The number of nitrogens with one attached hydrogen (secondary N) is 1. The predicted molar refractivity (Wildman–Crippen MR) is 66.3 cm³/mol. The SMILES string of the molecule is CC(O)CCCNC(=O)c1ccccc1OC(F)F. The molecule has 0 fully saturated rings. The summed E-state index contributed by atoms with van der Waals surface area (Å²) in [5.41, 5.74) is 0.0693. The molecular formula is C13H17F2NO3. The summed E-state index contributed by atoms with van der Waals surface area (Å²) in [4.78, 5) is 11.8. The summed E-state index contributed by atoms with van der Waals surface area (Å²) < 4.78 is 28.6. The van der Waals surface area contributed by atoms with E-state index in [0.29, 0.717) is 19.4 Å². The van der Waals surface area contributed by atoms with E-state index in [2.05, 4.69) is 10.1 Å². The van der Waals surface area contributed by atoms with E-state index in [1.54, 1.807) is 13.0 Å². The summed E-state index contributed by atoms with van der Waals surface area (Å²) >= 11 is 0. The second-order valence-electron chi connectivity index (χ2n) is 4.12. The van der Waals surface area contributed by atoms with Crippen molar-refractivity contribution in [3.8, 4) is 5.75 Å². The minimum absolute atomic E-state index is 0.0693. The second kappa shape index (κ2) is 7.68. The molecule has 1 aromatic carbocycles. The van der Waals surface area contributed by atoms with E-state index in [0.717, 1.165) is 0 Å². The number of aliphatic hydroxyl groups excluding tert-OH is 1. The molecule has 106 valence electrons. The molecule has 0 spiro atoms. The lowest BCUT2D eigenvalue weighted by molar-refractivity contribution is -0.0501. The fraction of sp³-hybridized carbons (Fsp3) is 0.462. The zero-order chi connectivity index (χ0) is 14.3. The second-order valence-corrected chi connectivity index (χ2v) is 4.12. The van der Waals surface area contributed by atoms with Gasteiger partial charge in [-0.3, -0.25) is 4.79 Å². The number of hydrogen-bond donors (Lipinski definition) is 2. The maximum absolute atomic E-state index is 12.2. The van der Waals surface area contributed by atoms with Crippen LogP contribution >= 0.6 is 0 Å². The molecule has 0 aliphatic heterocycles. The summed E-state index contributed by atoms with van der Waals surface area (Å²) in [5.74, 6) is -0.618. The molecule has 0 aliphatic carbocycles. The van der Waals surface area contributed by atoms with Crippen molar-refractivity contribution in [2.24, 2.45) is 0 Å². The summed E-state index contributed by atoms with van der Waals surface area (Å²) in [6.07, 6.45) is 0.753. The summed E-state index contributed by atoms with van der Waals surface area (Å²) in [6.45, 7) is -0.940. The fourth-order valence-corrected chi connectivity index (χ4v) is 1.55. The number of halogens is 2. The van der Waals surface area contributed by atoms with Gasteiger partial charge in [-0.25, -0.2) is 0 Å². The minimum Gasteiger partial charge on any atom is -0.434 e. The van der Waals surface area contributed by atoms with Gasteiger partial charge in [0.05, 0.1) is 11.7 Å². The van der Waals surface area contributed by atoms with Gasteiger partial charge in [0.2, 0.25) is 0 Å². The van der Waals surface area contributed by atoms with Crippen LogP contribution in [0.5, 0.6) is 5.75 Å². The van der Waals surface area contributed by atoms with E-state index >= 15 is 0 Å². The highest BCUT2D eigenvalue weighted by atomic mass is 19.3. The van der Waals surface area contributed by atoms with Gasteiger partial charge in [0.15, 0.2) is 0 Å². The van der Waals surface area contributed by atoms with Crippen LogP contribution in [0.25, 0.3) is 0 Å². The third-order valence-corrected chi connectivity index (χ3v) is 2.43. The third kappa shape index (κ3) is 5.65. The number of para-hydroxylation sites is 1. The highest BCUT2D eigenvalue weighted by Crippen LogP contribution is 2.19. The Morgan fingerprint density at radius 1 is 1.42 bits per heavy atom. The molecule has 1 rings (SSSR count). The van der Waals surface area contributed by atoms with Crippen molar-refractivity contribution in [1.82, 2.24) is 5.32 Å². The number of carbonyl (C=O) groups is 1. The molecule has 4 nitrogen and oxygen atoms in total. The van der Waals surface area contributed by atoms with Crippen LogP contribution in [0.2, 0.25) is 0 Å². The van der Waals surface area contributed by atoms with Crippen molar-refractivity contribution >= 4 is 5.91 Å². The number of hydrogen-bond acceptors (Lipinski definition) is 3. The van der Waals surface area contributed by atoms with E-state index in [1.165, 1.54) is 18.2 Å². The molecule has 19 heavy (non-hydrogen) atoms. The number of alkyl halides is 2. The van der Waals surface area contributed by atoms with Crippen molar-refractivity contribution in [2.45, 2.75) is 32.5 Å². The smallest absolute Gasteiger partial charge is 0.387 e. The zero-order valence-electron chi connectivity index (χ0n) is 10.6. The van der Waals surface area contributed by atoms with Crippen LogP contribution < -0.4 is 10.1 Å². The van der Waals surface area contributed by atoms with Gasteiger partial charge in [-0.05, 0) is 31.9 Å². The summed E-state index contributed by atoms with van der Waals surface area (Å²) in [6, 6.07) is 5.82. The number of rotatable bonds is 7. The Balaban J connectivity index is 2.56. The first-order valence-corrected chi connectivity index (χ1v) is 6.01. The van der Waals surface area contributed by atoms with Crippen LogP contribution in [0.4, 0.5) is 8.78 Å². The van der Waals surface area contributed by atoms with Crippen molar-refractivity contribution in [1.29, 1.82) is 0 Å². The molecular weight excluding hydrogens is 256 g/mol. The molecule has 0 saturated heterocycles. The van der Waals surface area contributed by atoms with Gasteiger partial charge < -0.3 is 15.2 Å². The quantitative estimate of drug-likeness (QED) is 0.749. The molecule has 2 N–H and O–H groups in total. The molecule has 0 radical (unpaired) electrons. The predicted octanol–water partition coefficient (Wildman–Crippen LogP) is 2.18. The first kappa shape index (κ1) is 15.4. The van der Waals surface area contributed by atoms with E-state index < -0.39 is 18.6 Å². The lowest BCUT2D eigenvalue weighted by Gasteiger charge is -2.11. The Hall–Kier alpha value is -1.69. The lowest BCUT2D eigenvalue weighted by Crippen LogP contribution is -2.25. The maximum Gasteiger partial charge on any atom is 0.387 e. The number of ether oxygens (including phenoxy) is 1. The molecule has 0 aliphatic rings. The van der Waals surface area contributed by atoms with Gasteiger partial charge in [0, 0.05) is 6.54 Å². The monoisotopic (exact) mass is 273 g/mol. The van der Waals surface area contributed by atoms with Crippen LogP contribution in [-0.4, -0.2) is 30.3 Å². The minimum atomic E-state index is -2.97. The van der Waals surface area contributed by atoms with Crippen LogP contribution in [0.1, 0.15) is 30.1 Å². The van der Waals surface area contributed by atoms with Crippen molar-refractivity contribution in [3.63, 3.8) is 0 Å². The summed E-state index contributed by atoms with van der Waals surface area (Å²) in [5, 5.41) is 11.7. The van der Waals surface area contributed by atoms with Crippen molar-refractivity contribution < 1.29 is 23.4 Å². The normalized spacial score (nSPS) is 12.3. The van der Waals surface area contributed by atoms with Crippen LogP contribution in [0.15, 0.2) is 24.3 Å². The van der Waals surface area contributed by atoms with Crippen molar-refractivity contribution in [2.75, 3.05) is 6.54 Å². The molecule has 1 unspecified atom stereocenters. The highest BCUT2D eigenvalue weighted by Gasteiger charge is 2.14. The van der Waals surface area contributed by atoms with Gasteiger partial charge in [0.25, 0.3) is 5.91 Å². The molecule has 1 aromatic rings. The van der Waals surface area contributed by atoms with Gasteiger partial charge >= 0.3 is 6.61 Å². The van der Waals surface area contributed by atoms with Crippen molar-refractivity contribution in [3.05, 3.63) is 29.8 Å². The Morgan fingerprint density at radius 3 is 2.74 bits per heavy atom. The summed E-state index contributed by atoms with van der Waals surface area (Å²) in [7, 11) is 0. The fourth-order valence-electron chi connectivity index (χ4n) is 1.55. The van der Waals surface area contributed by atoms with Gasteiger partial charge in [-0.1, -0.05) is 12.1 Å². The molecule has 0 bridgehead atoms. The number of benzene rings is 1. The Labute approximate surface area is 110 Å². The molecule has 1 amide bonds. The average molecular weight is 273 g/mol. The zero-order valence-corrected chi connectivity index (χ0v) is 10.6. The lowest BCUT2D eigenvalue weighted by atomic mass is 10.1. The van der Waals surface area contributed by atoms with E-state index in [4.69, 9.17) is 5.11 Å².